The Bertz CT molecular complexity index is 546. The van der Waals surface area contributed by atoms with Gasteiger partial charge < -0.3 is 14.8 Å². The van der Waals surface area contributed by atoms with E-state index in [1.807, 2.05) is 24.1 Å². The molecule has 5 nitrogen and oxygen atoms in total. The van der Waals surface area contributed by atoms with Crippen molar-refractivity contribution in [2.24, 2.45) is 0 Å². The standard InChI is InChI=1S/C15H19ClN2O3/c1-18(9-14(19)17-11-2-3-11)8-10-6-12(16)15-13(7-10)20-4-5-21-15/h6-7,11H,2-5,8-9H2,1H3,(H,17,19). The molecular weight excluding hydrogens is 292 g/mol. The molecule has 21 heavy (non-hydrogen) atoms. The number of carbonyl (C=O) groups is 1. The Labute approximate surface area is 129 Å². The van der Waals surface area contributed by atoms with E-state index in [0.717, 1.165) is 18.4 Å². The lowest BCUT2D eigenvalue weighted by Crippen LogP contribution is -2.35. The van der Waals surface area contributed by atoms with Crippen molar-refractivity contribution in [2.45, 2.75) is 25.4 Å². The topological polar surface area (TPSA) is 50.8 Å². The van der Waals surface area contributed by atoms with Crippen molar-refractivity contribution in [3.63, 3.8) is 0 Å². The summed E-state index contributed by atoms with van der Waals surface area (Å²) in [7, 11) is 1.91. The van der Waals surface area contributed by atoms with Gasteiger partial charge in [0, 0.05) is 12.6 Å². The fraction of sp³-hybridized carbons (Fsp3) is 0.533. The Hall–Kier alpha value is -1.46. The quantitative estimate of drug-likeness (QED) is 0.901. The van der Waals surface area contributed by atoms with E-state index in [4.69, 9.17) is 21.1 Å². The van der Waals surface area contributed by atoms with Crippen molar-refractivity contribution in [2.75, 3.05) is 26.8 Å². The molecule has 6 heteroatoms. The molecule has 0 spiro atoms. The molecule has 1 aliphatic heterocycles. The van der Waals surface area contributed by atoms with Gasteiger partial charge in [-0.3, -0.25) is 9.69 Å². The molecule has 1 N–H and O–H groups in total. The lowest BCUT2D eigenvalue weighted by molar-refractivity contribution is -0.122. The summed E-state index contributed by atoms with van der Waals surface area (Å²) in [6.45, 7) is 2.07. The molecular formula is C15H19ClN2O3. The first-order valence-corrected chi connectivity index (χ1v) is 7.55. The first-order valence-electron chi connectivity index (χ1n) is 7.18. The van der Waals surface area contributed by atoms with Crippen molar-refractivity contribution < 1.29 is 14.3 Å². The van der Waals surface area contributed by atoms with Gasteiger partial charge in [0.2, 0.25) is 5.91 Å². The van der Waals surface area contributed by atoms with Crippen LogP contribution in [0, 0.1) is 0 Å². The van der Waals surface area contributed by atoms with Gasteiger partial charge in [-0.1, -0.05) is 11.6 Å². The third-order valence-corrected chi connectivity index (χ3v) is 3.75. The largest absolute Gasteiger partial charge is 0.486 e. The van der Waals surface area contributed by atoms with Crippen LogP contribution in [0.5, 0.6) is 11.5 Å². The van der Waals surface area contributed by atoms with Crippen LogP contribution in [0.1, 0.15) is 18.4 Å². The second kappa shape index (κ2) is 6.12. The number of carbonyl (C=O) groups excluding carboxylic acids is 1. The second-order valence-electron chi connectivity index (χ2n) is 5.62. The molecule has 1 heterocycles. The molecule has 3 rings (SSSR count). The van der Waals surface area contributed by atoms with E-state index in [9.17, 15) is 4.79 Å². The zero-order valence-electron chi connectivity index (χ0n) is 12.0. The highest BCUT2D eigenvalue weighted by Crippen LogP contribution is 2.38. The molecule has 1 aromatic carbocycles. The van der Waals surface area contributed by atoms with Crippen molar-refractivity contribution in [1.29, 1.82) is 0 Å². The smallest absolute Gasteiger partial charge is 0.234 e. The number of amides is 1. The fourth-order valence-corrected chi connectivity index (χ4v) is 2.66. The van der Waals surface area contributed by atoms with Crippen LogP contribution in [-0.2, 0) is 11.3 Å². The van der Waals surface area contributed by atoms with Gasteiger partial charge in [0.05, 0.1) is 11.6 Å². The summed E-state index contributed by atoms with van der Waals surface area (Å²) in [5.41, 5.74) is 1.01. The van der Waals surface area contributed by atoms with Gasteiger partial charge in [0.1, 0.15) is 13.2 Å². The molecule has 1 aromatic rings. The summed E-state index contributed by atoms with van der Waals surface area (Å²) in [6.07, 6.45) is 2.21. The Morgan fingerprint density at radius 3 is 2.90 bits per heavy atom. The normalized spacial score (nSPS) is 16.9. The van der Waals surface area contributed by atoms with Gasteiger partial charge in [-0.2, -0.15) is 0 Å². The number of nitrogens with one attached hydrogen (secondary N) is 1. The summed E-state index contributed by atoms with van der Waals surface area (Å²) in [4.78, 5) is 13.7. The molecule has 1 amide bonds. The van der Waals surface area contributed by atoms with Crippen molar-refractivity contribution in [1.82, 2.24) is 10.2 Å². The van der Waals surface area contributed by atoms with E-state index in [-0.39, 0.29) is 5.91 Å². The average Bonchev–Trinajstić information content (AvgIpc) is 3.22. The molecule has 0 aromatic heterocycles. The number of hydrogen-bond acceptors (Lipinski definition) is 4. The van der Waals surface area contributed by atoms with Crippen LogP contribution in [-0.4, -0.2) is 43.7 Å². The molecule has 0 bridgehead atoms. The lowest BCUT2D eigenvalue weighted by atomic mass is 10.2. The molecule has 0 radical (unpaired) electrons. The third-order valence-electron chi connectivity index (χ3n) is 3.47. The number of nitrogens with zero attached hydrogens (tertiary/aromatic N) is 1. The van der Waals surface area contributed by atoms with Crippen LogP contribution in [0.3, 0.4) is 0 Å². The summed E-state index contributed by atoms with van der Waals surface area (Å²) in [5.74, 6) is 1.36. The molecule has 1 fully saturated rings. The Balaban J connectivity index is 1.61. The highest BCUT2D eigenvalue weighted by molar-refractivity contribution is 6.32. The Morgan fingerprint density at radius 1 is 1.38 bits per heavy atom. The van der Waals surface area contributed by atoms with E-state index < -0.39 is 0 Å². The molecule has 2 aliphatic rings. The first-order chi connectivity index (χ1) is 10.1. The second-order valence-corrected chi connectivity index (χ2v) is 6.02. The van der Waals surface area contributed by atoms with Crippen LogP contribution >= 0.6 is 11.6 Å². The minimum absolute atomic E-state index is 0.0728. The molecule has 114 valence electrons. The number of fused-ring (bicyclic) bond motifs is 1. The fourth-order valence-electron chi connectivity index (χ4n) is 2.37. The number of likely N-dealkylation sites (N-methyl/N-ethyl adjacent to an activating group) is 1. The molecule has 1 saturated carbocycles. The Kier molecular flexibility index (Phi) is 4.22. The predicted octanol–water partition coefficient (Wildman–Crippen LogP) is 1.82. The third kappa shape index (κ3) is 3.80. The van der Waals surface area contributed by atoms with E-state index >= 15 is 0 Å². The van der Waals surface area contributed by atoms with E-state index in [1.165, 1.54) is 0 Å². The molecule has 0 saturated heterocycles. The summed E-state index contributed by atoms with van der Waals surface area (Å²) >= 11 is 6.21. The van der Waals surface area contributed by atoms with Gasteiger partial charge >= 0.3 is 0 Å². The van der Waals surface area contributed by atoms with Gasteiger partial charge in [0.25, 0.3) is 0 Å². The van der Waals surface area contributed by atoms with Gasteiger partial charge in [-0.15, -0.1) is 0 Å². The minimum atomic E-state index is 0.0728. The maximum Gasteiger partial charge on any atom is 0.234 e. The van der Waals surface area contributed by atoms with E-state index in [0.29, 0.717) is 48.9 Å². The molecule has 1 aliphatic carbocycles. The van der Waals surface area contributed by atoms with Crippen LogP contribution in [0.25, 0.3) is 0 Å². The monoisotopic (exact) mass is 310 g/mol. The highest BCUT2D eigenvalue weighted by Gasteiger charge is 2.23. The van der Waals surface area contributed by atoms with E-state index in [1.54, 1.807) is 0 Å². The number of benzene rings is 1. The van der Waals surface area contributed by atoms with E-state index in [2.05, 4.69) is 5.32 Å². The van der Waals surface area contributed by atoms with Gasteiger partial charge in [0.15, 0.2) is 11.5 Å². The van der Waals surface area contributed by atoms with Crippen molar-refractivity contribution >= 4 is 17.5 Å². The lowest BCUT2D eigenvalue weighted by Gasteiger charge is -2.22. The summed E-state index contributed by atoms with van der Waals surface area (Å²) in [5, 5.41) is 3.53. The molecule has 0 unspecified atom stereocenters. The Morgan fingerprint density at radius 2 is 2.14 bits per heavy atom. The number of ether oxygens (including phenoxy) is 2. The number of rotatable bonds is 5. The van der Waals surface area contributed by atoms with Crippen molar-refractivity contribution in [3.8, 4) is 11.5 Å². The highest BCUT2D eigenvalue weighted by atomic mass is 35.5. The first kappa shape index (κ1) is 14.5. The number of halogens is 1. The maximum absolute atomic E-state index is 11.8. The van der Waals surface area contributed by atoms with Crippen LogP contribution < -0.4 is 14.8 Å². The zero-order chi connectivity index (χ0) is 14.8. The molecule has 0 atom stereocenters. The SMILES string of the molecule is CN(CC(=O)NC1CC1)Cc1cc(Cl)c2c(c1)OCCO2. The summed E-state index contributed by atoms with van der Waals surface area (Å²) in [6, 6.07) is 4.19. The van der Waals surface area contributed by atoms with Gasteiger partial charge in [-0.05, 0) is 37.6 Å². The van der Waals surface area contributed by atoms with Crippen molar-refractivity contribution in [3.05, 3.63) is 22.7 Å². The predicted molar refractivity (Wildman–Crippen MR) is 79.9 cm³/mol. The summed E-state index contributed by atoms with van der Waals surface area (Å²) < 4.78 is 11.1. The minimum Gasteiger partial charge on any atom is -0.486 e. The van der Waals surface area contributed by atoms with Gasteiger partial charge in [-0.25, -0.2) is 0 Å². The van der Waals surface area contributed by atoms with Crippen LogP contribution in [0.2, 0.25) is 5.02 Å². The zero-order valence-corrected chi connectivity index (χ0v) is 12.8. The average molecular weight is 311 g/mol. The number of hydrogen-bond donors (Lipinski definition) is 1. The maximum atomic E-state index is 11.8. The van der Waals surface area contributed by atoms with Crippen LogP contribution in [0.4, 0.5) is 0 Å². The van der Waals surface area contributed by atoms with Crippen LogP contribution in [0.15, 0.2) is 12.1 Å².